The zero-order chi connectivity index (χ0) is 13.4. The molecule has 1 aromatic carbocycles. The van der Waals surface area contributed by atoms with Gasteiger partial charge in [-0.3, -0.25) is 0 Å². The summed E-state index contributed by atoms with van der Waals surface area (Å²) in [7, 11) is 0. The van der Waals surface area contributed by atoms with Crippen LogP contribution in [0.3, 0.4) is 0 Å². The van der Waals surface area contributed by atoms with Gasteiger partial charge in [0.25, 0.3) is 0 Å². The van der Waals surface area contributed by atoms with Crippen molar-refractivity contribution in [2.24, 2.45) is 5.73 Å². The maximum absolute atomic E-state index is 13.2. The van der Waals surface area contributed by atoms with Crippen LogP contribution in [0, 0.1) is 11.6 Å². The van der Waals surface area contributed by atoms with E-state index in [1.165, 1.54) is 0 Å². The van der Waals surface area contributed by atoms with Gasteiger partial charge < -0.3 is 10.8 Å². The van der Waals surface area contributed by atoms with E-state index in [9.17, 15) is 22.0 Å². The zero-order valence-electron chi connectivity index (χ0n) is 8.10. The van der Waals surface area contributed by atoms with Crippen LogP contribution < -0.4 is 5.73 Å². The van der Waals surface area contributed by atoms with Gasteiger partial charge in [0.1, 0.15) is 11.6 Å². The molecular formula is C9H7ClF5NO. The van der Waals surface area contributed by atoms with Crippen LogP contribution in [-0.4, -0.2) is 17.4 Å². The lowest BCUT2D eigenvalue weighted by molar-refractivity contribution is -0.210. The molecule has 0 saturated heterocycles. The smallest absolute Gasteiger partial charge is 0.382 e. The molecule has 0 radical (unpaired) electrons. The molecular weight excluding hydrogens is 269 g/mol. The van der Waals surface area contributed by atoms with Crippen molar-refractivity contribution in [3.8, 4) is 0 Å². The topological polar surface area (TPSA) is 46.2 Å². The third kappa shape index (κ3) is 2.85. The summed E-state index contributed by atoms with van der Waals surface area (Å²) in [6, 6.07) is -0.967. The fourth-order valence-electron chi connectivity index (χ4n) is 1.21. The quantitative estimate of drug-likeness (QED) is 0.644. The van der Waals surface area contributed by atoms with Crippen molar-refractivity contribution < 1.29 is 27.1 Å². The summed E-state index contributed by atoms with van der Waals surface area (Å²) in [6.07, 6.45) is -8.09. The van der Waals surface area contributed by atoms with Gasteiger partial charge in [0.2, 0.25) is 0 Å². The first-order valence-corrected chi connectivity index (χ1v) is 4.67. The molecule has 0 amide bonds. The van der Waals surface area contributed by atoms with Crippen molar-refractivity contribution >= 4 is 11.6 Å². The fourth-order valence-corrected chi connectivity index (χ4v) is 1.49. The van der Waals surface area contributed by atoms with Crippen LogP contribution in [0.4, 0.5) is 22.0 Å². The molecule has 0 aliphatic carbocycles. The summed E-state index contributed by atoms with van der Waals surface area (Å²) >= 11 is 5.31. The zero-order valence-corrected chi connectivity index (χ0v) is 8.86. The summed E-state index contributed by atoms with van der Waals surface area (Å²) in [6.45, 7) is 0. The van der Waals surface area contributed by atoms with Gasteiger partial charge in [-0.1, -0.05) is 11.6 Å². The molecule has 0 aliphatic heterocycles. The minimum atomic E-state index is -5.05. The van der Waals surface area contributed by atoms with Crippen LogP contribution in [0.1, 0.15) is 11.6 Å². The van der Waals surface area contributed by atoms with Gasteiger partial charge in [-0.15, -0.1) is 0 Å². The molecule has 0 heterocycles. The number of benzene rings is 1. The van der Waals surface area contributed by atoms with Gasteiger partial charge in [-0.05, 0) is 12.1 Å². The minimum absolute atomic E-state index is 0.583. The first-order chi connectivity index (χ1) is 7.66. The molecule has 0 bridgehead atoms. The van der Waals surface area contributed by atoms with E-state index in [4.69, 9.17) is 22.4 Å². The lowest BCUT2D eigenvalue weighted by atomic mass is 10.0. The van der Waals surface area contributed by atoms with E-state index < -0.39 is 40.5 Å². The number of halogens is 6. The molecule has 0 unspecified atom stereocenters. The highest BCUT2D eigenvalue weighted by molar-refractivity contribution is 6.31. The normalized spacial score (nSPS) is 15.8. The number of rotatable bonds is 2. The summed E-state index contributed by atoms with van der Waals surface area (Å²) in [5.41, 5.74) is 4.13. The summed E-state index contributed by atoms with van der Waals surface area (Å²) < 4.78 is 62.7. The molecule has 2 nitrogen and oxygen atoms in total. The molecule has 96 valence electrons. The van der Waals surface area contributed by atoms with E-state index >= 15 is 0 Å². The van der Waals surface area contributed by atoms with Crippen molar-refractivity contribution in [1.29, 1.82) is 0 Å². The molecule has 2 atom stereocenters. The van der Waals surface area contributed by atoms with Crippen molar-refractivity contribution in [3.63, 3.8) is 0 Å². The molecule has 0 fully saturated rings. The van der Waals surface area contributed by atoms with E-state index in [0.717, 1.165) is 0 Å². The van der Waals surface area contributed by atoms with E-state index in [2.05, 4.69) is 0 Å². The fraction of sp³-hybridized carbons (Fsp3) is 0.333. The first kappa shape index (κ1) is 14.1. The van der Waals surface area contributed by atoms with E-state index in [1.807, 2.05) is 0 Å². The maximum atomic E-state index is 13.2. The molecule has 1 rings (SSSR count). The second-order valence-electron chi connectivity index (χ2n) is 3.27. The standard InChI is InChI=1S/C9H7ClF5NO/c10-6-4(12)2-1-3(11)5(6)7(16)8(17)9(13,14)15/h1-2,7-8,17H,16H2/t7-,8-/m1/s1. The monoisotopic (exact) mass is 275 g/mol. The van der Waals surface area contributed by atoms with Gasteiger partial charge in [-0.25, -0.2) is 8.78 Å². The summed E-state index contributed by atoms with van der Waals surface area (Å²) in [4.78, 5) is 0. The largest absolute Gasteiger partial charge is 0.416 e. The van der Waals surface area contributed by atoms with Crippen LogP contribution in [0.15, 0.2) is 12.1 Å². The van der Waals surface area contributed by atoms with E-state index in [-0.39, 0.29) is 0 Å². The van der Waals surface area contributed by atoms with Crippen molar-refractivity contribution in [1.82, 2.24) is 0 Å². The summed E-state index contributed by atoms with van der Waals surface area (Å²) in [5.74, 6) is -2.33. The predicted molar refractivity (Wildman–Crippen MR) is 50.4 cm³/mol. The Bertz CT molecular complexity index is 423. The van der Waals surface area contributed by atoms with Crippen LogP contribution >= 0.6 is 11.6 Å². The highest BCUT2D eigenvalue weighted by Gasteiger charge is 2.44. The highest BCUT2D eigenvalue weighted by atomic mass is 35.5. The number of hydrogen-bond acceptors (Lipinski definition) is 2. The second kappa shape index (κ2) is 4.75. The van der Waals surface area contributed by atoms with Crippen molar-refractivity contribution in [2.75, 3.05) is 0 Å². The average molecular weight is 276 g/mol. The number of aliphatic hydroxyl groups excluding tert-OH is 1. The molecule has 0 aromatic heterocycles. The molecule has 0 saturated carbocycles. The van der Waals surface area contributed by atoms with Crippen LogP contribution in [0.2, 0.25) is 5.02 Å². The number of hydrogen-bond donors (Lipinski definition) is 2. The molecule has 3 N–H and O–H groups in total. The molecule has 1 aromatic rings. The molecule has 8 heteroatoms. The van der Waals surface area contributed by atoms with Gasteiger partial charge in [0.05, 0.1) is 11.1 Å². The Morgan fingerprint density at radius 2 is 1.65 bits per heavy atom. The Labute approximate surface area is 97.8 Å². The first-order valence-electron chi connectivity index (χ1n) is 4.30. The van der Waals surface area contributed by atoms with Gasteiger partial charge in [0, 0.05) is 5.56 Å². The number of alkyl halides is 3. The second-order valence-corrected chi connectivity index (χ2v) is 3.65. The predicted octanol–water partition coefficient (Wildman–Crippen LogP) is 2.54. The Kier molecular flexibility index (Phi) is 3.95. The minimum Gasteiger partial charge on any atom is -0.382 e. The summed E-state index contributed by atoms with van der Waals surface area (Å²) in [5, 5.41) is 7.98. The maximum Gasteiger partial charge on any atom is 0.416 e. The average Bonchev–Trinajstić information content (AvgIpc) is 2.21. The number of aliphatic hydroxyl groups is 1. The lowest BCUT2D eigenvalue weighted by Gasteiger charge is -2.22. The van der Waals surface area contributed by atoms with Crippen LogP contribution in [0.5, 0.6) is 0 Å². The molecule has 0 aliphatic rings. The SMILES string of the molecule is N[C@H](c1c(F)ccc(F)c1Cl)[C@@H](O)C(F)(F)F. The number of nitrogens with two attached hydrogens (primary N) is 1. The Hall–Kier alpha value is -0.920. The Balaban J connectivity index is 3.21. The van der Waals surface area contributed by atoms with Crippen molar-refractivity contribution in [2.45, 2.75) is 18.3 Å². The lowest BCUT2D eigenvalue weighted by Crippen LogP contribution is -2.39. The van der Waals surface area contributed by atoms with Gasteiger partial charge in [-0.2, -0.15) is 13.2 Å². The van der Waals surface area contributed by atoms with Crippen LogP contribution in [0.25, 0.3) is 0 Å². The molecule has 0 spiro atoms. The van der Waals surface area contributed by atoms with Crippen molar-refractivity contribution in [3.05, 3.63) is 34.4 Å². The highest BCUT2D eigenvalue weighted by Crippen LogP contribution is 2.34. The molecule has 17 heavy (non-hydrogen) atoms. The van der Waals surface area contributed by atoms with Gasteiger partial charge >= 0.3 is 6.18 Å². The third-order valence-electron chi connectivity index (χ3n) is 2.09. The van der Waals surface area contributed by atoms with E-state index in [1.54, 1.807) is 0 Å². The van der Waals surface area contributed by atoms with E-state index in [0.29, 0.717) is 12.1 Å². The van der Waals surface area contributed by atoms with Gasteiger partial charge in [0.15, 0.2) is 6.10 Å². The Morgan fingerprint density at radius 1 is 1.18 bits per heavy atom. The Morgan fingerprint density at radius 3 is 2.12 bits per heavy atom. The van der Waals surface area contributed by atoms with Crippen LogP contribution in [-0.2, 0) is 0 Å². The third-order valence-corrected chi connectivity index (χ3v) is 2.47.